The van der Waals surface area contributed by atoms with Crippen molar-refractivity contribution in [2.75, 3.05) is 0 Å². The molecule has 3 rings (SSSR count). The van der Waals surface area contributed by atoms with Crippen LogP contribution in [0, 0.1) is 0 Å². The average Bonchev–Trinajstić information content (AvgIpc) is 3.11. The summed E-state index contributed by atoms with van der Waals surface area (Å²) >= 11 is 0. The number of carbonyl (C=O) groups is 2. The molecule has 1 fully saturated rings. The molecule has 3 heteroatoms. The van der Waals surface area contributed by atoms with Crippen molar-refractivity contribution in [3.8, 4) is 0 Å². The Morgan fingerprint density at radius 3 is 2.12 bits per heavy atom. The summed E-state index contributed by atoms with van der Waals surface area (Å²) in [5, 5.41) is 3.06. The number of carbonyl (C=O) groups excluding carboxylic acids is 2. The molecule has 24 heavy (non-hydrogen) atoms. The van der Waals surface area contributed by atoms with Gasteiger partial charge in [0.1, 0.15) is 5.54 Å². The van der Waals surface area contributed by atoms with Crippen LogP contribution in [0.3, 0.4) is 0 Å². The molecule has 1 aliphatic rings. The summed E-state index contributed by atoms with van der Waals surface area (Å²) in [6.07, 6.45) is 4.29. The monoisotopic (exact) mass is 321 g/mol. The fourth-order valence-corrected chi connectivity index (χ4v) is 3.43. The van der Waals surface area contributed by atoms with Gasteiger partial charge in [-0.3, -0.25) is 9.59 Å². The molecule has 0 radical (unpaired) electrons. The van der Waals surface area contributed by atoms with E-state index < -0.39 is 5.54 Å². The second-order valence-corrected chi connectivity index (χ2v) is 6.49. The predicted octanol–water partition coefficient (Wildman–Crippen LogP) is 4.17. The first-order chi connectivity index (χ1) is 11.6. The molecular weight excluding hydrogens is 298 g/mol. The standard InChI is InChI=1S/C21H23NO2/c1-2-16-10-12-18(13-11-16)20(24)22-21(14-6-7-15-21)19(23)17-8-4-3-5-9-17/h3-5,8-13H,2,6-7,14-15H2,1H3,(H,22,24). The third kappa shape index (κ3) is 3.25. The van der Waals surface area contributed by atoms with Crippen molar-refractivity contribution >= 4 is 11.7 Å². The Bertz CT molecular complexity index is 713. The van der Waals surface area contributed by atoms with Crippen molar-refractivity contribution < 1.29 is 9.59 Å². The molecule has 1 amide bonds. The van der Waals surface area contributed by atoms with Gasteiger partial charge in [0, 0.05) is 11.1 Å². The first-order valence-corrected chi connectivity index (χ1v) is 8.66. The summed E-state index contributed by atoms with van der Waals surface area (Å²) < 4.78 is 0. The molecule has 0 aromatic heterocycles. The zero-order valence-corrected chi connectivity index (χ0v) is 14.0. The van der Waals surface area contributed by atoms with Crippen LogP contribution in [0.4, 0.5) is 0 Å². The molecule has 0 atom stereocenters. The first-order valence-electron chi connectivity index (χ1n) is 8.66. The molecule has 2 aromatic rings. The van der Waals surface area contributed by atoms with Gasteiger partial charge in [-0.25, -0.2) is 0 Å². The molecule has 1 saturated carbocycles. The van der Waals surface area contributed by atoms with Crippen LogP contribution in [0.15, 0.2) is 54.6 Å². The van der Waals surface area contributed by atoms with Gasteiger partial charge in [-0.15, -0.1) is 0 Å². The van der Waals surface area contributed by atoms with E-state index in [1.54, 1.807) is 0 Å². The van der Waals surface area contributed by atoms with E-state index in [1.165, 1.54) is 5.56 Å². The minimum atomic E-state index is -0.762. The second kappa shape index (κ2) is 7.00. The highest BCUT2D eigenvalue weighted by molar-refractivity contribution is 6.07. The largest absolute Gasteiger partial charge is 0.339 e. The van der Waals surface area contributed by atoms with E-state index in [9.17, 15) is 9.59 Å². The zero-order chi connectivity index (χ0) is 17.0. The molecule has 0 spiro atoms. The topological polar surface area (TPSA) is 46.2 Å². The maximum atomic E-state index is 13.0. The molecule has 0 unspecified atom stereocenters. The third-order valence-electron chi connectivity index (χ3n) is 4.90. The smallest absolute Gasteiger partial charge is 0.252 e. The van der Waals surface area contributed by atoms with E-state index in [0.29, 0.717) is 24.0 Å². The quantitative estimate of drug-likeness (QED) is 0.840. The first kappa shape index (κ1) is 16.4. The summed E-state index contributed by atoms with van der Waals surface area (Å²) in [6.45, 7) is 2.08. The maximum Gasteiger partial charge on any atom is 0.252 e. The van der Waals surface area contributed by atoms with Gasteiger partial charge < -0.3 is 5.32 Å². The van der Waals surface area contributed by atoms with Crippen molar-refractivity contribution in [1.29, 1.82) is 0 Å². The zero-order valence-electron chi connectivity index (χ0n) is 14.0. The Morgan fingerprint density at radius 2 is 1.54 bits per heavy atom. The van der Waals surface area contributed by atoms with Crippen molar-refractivity contribution in [3.63, 3.8) is 0 Å². The molecule has 0 heterocycles. The number of benzene rings is 2. The van der Waals surface area contributed by atoms with Crippen LogP contribution in [0.1, 0.15) is 58.9 Å². The minimum absolute atomic E-state index is 0.0270. The number of hydrogen-bond acceptors (Lipinski definition) is 2. The van der Waals surface area contributed by atoms with Crippen LogP contribution in [-0.2, 0) is 6.42 Å². The van der Waals surface area contributed by atoms with E-state index >= 15 is 0 Å². The number of aryl methyl sites for hydroxylation is 1. The SMILES string of the molecule is CCc1ccc(C(=O)NC2(C(=O)c3ccccc3)CCCC2)cc1. The van der Waals surface area contributed by atoms with E-state index in [1.807, 2.05) is 54.6 Å². The van der Waals surface area contributed by atoms with E-state index in [4.69, 9.17) is 0 Å². The summed E-state index contributed by atoms with van der Waals surface area (Å²) in [5.41, 5.74) is 1.71. The summed E-state index contributed by atoms with van der Waals surface area (Å²) in [4.78, 5) is 25.7. The van der Waals surface area contributed by atoms with E-state index in [-0.39, 0.29) is 11.7 Å². The summed E-state index contributed by atoms with van der Waals surface area (Å²) in [7, 11) is 0. The Labute approximate surface area is 143 Å². The van der Waals surface area contributed by atoms with Crippen LogP contribution in [0.5, 0.6) is 0 Å². The molecule has 0 bridgehead atoms. The van der Waals surface area contributed by atoms with Gasteiger partial charge in [-0.05, 0) is 37.0 Å². The number of Topliss-reactive ketones (excluding diaryl/α,β-unsaturated/α-hetero) is 1. The fraction of sp³-hybridized carbons (Fsp3) is 0.333. The summed E-state index contributed by atoms with van der Waals surface area (Å²) in [6, 6.07) is 16.9. The number of nitrogens with one attached hydrogen (secondary N) is 1. The molecule has 0 saturated heterocycles. The number of amides is 1. The normalized spacial score (nSPS) is 15.9. The van der Waals surface area contributed by atoms with E-state index in [0.717, 1.165) is 19.3 Å². The van der Waals surface area contributed by atoms with Crippen LogP contribution < -0.4 is 5.32 Å². The predicted molar refractivity (Wildman–Crippen MR) is 95.3 cm³/mol. The van der Waals surface area contributed by atoms with Gasteiger partial charge in [-0.2, -0.15) is 0 Å². The van der Waals surface area contributed by atoms with Crippen molar-refractivity contribution in [2.24, 2.45) is 0 Å². The molecule has 1 N–H and O–H groups in total. The Morgan fingerprint density at radius 1 is 0.917 bits per heavy atom. The van der Waals surface area contributed by atoms with E-state index in [2.05, 4.69) is 12.2 Å². The van der Waals surface area contributed by atoms with Crippen molar-refractivity contribution in [1.82, 2.24) is 5.32 Å². The lowest BCUT2D eigenvalue weighted by molar-refractivity contribution is 0.0770. The van der Waals surface area contributed by atoms with Gasteiger partial charge in [0.15, 0.2) is 5.78 Å². The van der Waals surface area contributed by atoms with Crippen LogP contribution in [0.25, 0.3) is 0 Å². The highest BCUT2D eigenvalue weighted by Gasteiger charge is 2.42. The molecule has 3 nitrogen and oxygen atoms in total. The lowest BCUT2D eigenvalue weighted by atomic mass is 9.87. The number of rotatable bonds is 5. The fourth-order valence-electron chi connectivity index (χ4n) is 3.43. The Kier molecular flexibility index (Phi) is 4.79. The maximum absolute atomic E-state index is 13.0. The highest BCUT2D eigenvalue weighted by atomic mass is 16.2. The summed E-state index contributed by atoms with van der Waals surface area (Å²) in [5.74, 6) is -0.136. The van der Waals surface area contributed by atoms with Crippen molar-refractivity contribution in [2.45, 2.75) is 44.6 Å². The van der Waals surface area contributed by atoms with Gasteiger partial charge in [0.25, 0.3) is 5.91 Å². The molecule has 124 valence electrons. The Hall–Kier alpha value is -2.42. The Balaban J connectivity index is 1.83. The number of hydrogen-bond donors (Lipinski definition) is 1. The third-order valence-corrected chi connectivity index (χ3v) is 4.90. The second-order valence-electron chi connectivity index (χ2n) is 6.49. The minimum Gasteiger partial charge on any atom is -0.339 e. The van der Waals surface area contributed by atoms with Crippen LogP contribution >= 0.6 is 0 Å². The highest BCUT2D eigenvalue weighted by Crippen LogP contribution is 2.33. The van der Waals surface area contributed by atoms with Gasteiger partial charge in [0.05, 0.1) is 0 Å². The molecule has 1 aliphatic carbocycles. The number of ketones is 1. The molecular formula is C21H23NO2. The lowest BCUT2D eigenvalue weighted by Gasteiger charge is -2.29. The van der Waals surface area contributed by atoms with Gasteiger partial charge in [0.2, 0.25) is 0 Å². The lowest BCUT2D eigenvalue weighted by Crippen LogP contribution is -2.52. The van der Waals surface area contributed by atoms with Crippen molar-refractivity contribution in [3.05, 3.63) is 71.3 Å². The van der Waals surface area contributed by atoms with Crippen LogP contribution in [-0.4, -0.2) is 17.2 Å². The molecule has 0 aliphatic heterocycles. The molecule has 2 aromatic carbocycles. The van der Waals surface area contributed by atoms with Gasteiger partial charge >= 0.3 is 0 Å². The van der Waals surface area contributed by atoms with Crippen LogP contribution in [0.2, 0.25) is 0 Å². The van der Waals surface area contributed by atoms with Gasteiger partial charge in [-0.1, -0.05) is 62.2 Å². The average molecular weight is 321 g/mol.